The summed E-state index contributed by atoms with van der Waals surface area (Å²) in [5.74, 6) is -0.0138. The van der Waals surface area contributed by atoms with E-state index in [0.29, 0.717) is 25.2 Å². The summed E-state index contributed by atoms with van der Waals surface area (Å²) in [6, 6.07) is 13.4. The number of fused-ring (bicyclic) bond motifs is 1. The predicted octanol–water partition coefficient (Wildman–Crippen LogP) is 2.13. The molecule has 2 aromatic carbocycles. The molecule has 0 aromatic heterocycles. The largest absolute Gasteiger partial charge is 0.370 e. The second-order valence-corrected chi connectivity index (χ2v) is 7.57. The van der Waals surface area contributed by atoms with Crippen molar-refractivity contribution in [1.82, 2.24) is 9.80 Å². The summed E-state index contributed by atoms with van der Waals surface area (Å²) in [4.78, 5) is 16.3. The maximum Gasteiger partial charge on any atom is 0.255 e. The zero-order valence-corrected chi connectivity index (χ0v) is 16.6. The molecule has 7 N–H and O–H groups in total. The molecule has 0 radical (unpaired) electrons. The number of hydrogen-bond donors (Lipinski definition) is 5. The number of amides is 1. The van der Waals surface area contributed by atoms with E-state index in [1.54, 1.807) is 4.90 Å². The van der Waals surface area contributed by atoms with Crippen LogP contribution in [0, 0.1) is 10.8 Å². The molecule has 0 bridgehead atoms. The number of nitrogens with two attached hydrogens (primary N) is 2. The fourth-order valence-corrected chi connectivity index (χ4v) is 3.83. The Morgan fingerprint density at radius 3 is 2.27 bits per heavy atom. The monoisotopic (exact) mass is 403 g/mol. The van der Waals surface area contributed by atoms with Crippen LogP contribution >= 0.6 is 0 Å². The molecule has 30 heavy (non-hydrogen) atoms. The molecule has 0 aliphatic carbocycles. The first-order valence-electron chi connectivity index (χ1n) is 9.81. The van der Waals surface area contributed by atoms with Gasteiger partial charge in [0, 0.05) is 37.4 Å². The molecule has 0 saturated carbocycles. The zero-order valence-electron chi connectivity index (χ0n) is 16.6. The van der Waals surface area contributed by atoms with E-state index in [0.717, 1.165) is 35.3 Å². The van der Waals surface area contributed by atoms with Gasteiger partial charge in [-0.3, -0.25) is 15.6 Å². The normalized spacial score (nSPS) is 15.4. The minimum absolute atomic E-state index is 0.0546. The van der Waals surface area contributed by atoms with Crippen LogP contribution in [0.25, 0.3) is 5.57 Å². The number of guanidine groups is 2. The third kappa shape index (κ3) is 3.98. The number of carbonyl (C=O) groups excluding carboxylic acids is 1. The molecular formula is C22H25N7O. The summed E-state index contributed by atoms with van der Waals surface area (Å²) in [6.07, 6.45) is 2.90. The number of nitrogens with one attached hydrogen (secondary N) is 3. The Labute approximate surface area is 175 Å². The first-order valence-corrected chi connectivity index (χ1v) is 9.81. The maximum atomic E-state index is 12.7. The maximum absolute atomic E-state index is 12.7. The highest BCUT2D eigenvalue weighted by molar-refractivity contribution is 6.04. The summed E-state index contributed by atoms with van der Waals surface area (Å²) in [7, 11) is 0. The number of carbonyl (C=O) groups is 1. The molecule has 0 spiro atoms. The highest BCUT2D eigenvalue weighted by atomic mass is 16.1. The molecule has 8 heteroatoms. The molecule has 4 rings (SSSR count). The van der Waals surface area contributed by atoms with Gasteiger partial charge in [-0.15, -0.1) is 0 Å². The van der Waals surface area contributed by atoms with Gasteiger partial charge in [0.25, 0.3) is 5.91 Å². The Balaban J connectivity index is 1.41. The second kappa shape index (κ2) is 7.90. The van der Waals surface area contributed by atoms with Crippen LogP contribution in [-0.4, -0.2) is 40.7 Å². The van der Waals surface area contributed by atoms with Crippen molar-refractivity contribution >= 4 is 29.1 Å². The van der Waals surface area contributed by atoms with E-state index >= 15 is 0 Å². The fraction of sp³-hybridized carbons (Fsp3) is 0.227. The highest BCUT2D eigenvalue weighted by Crippen LogP contribution is 2.26. The zero-order chi connectivity index (χ0) is 21.3. The van der Waals surface area contributed by atoms with Crippen molar-refractivity contribution in [3.8, 4) is 0 Å². The first-order chi connectivity index (χ1) is 14.4. The lowest BCUT2D eigenvalue weighted by molar-refractivity contribution is 0.102. The van der Waals surface area contributed by atoms with Crippen LogP contribution in [0.5, 0.6) is 0 Å². The van der Waals surface area contributed by atoms with Gasteiger partial charge in [0.1, 0.15) is 0 Å². The topological polar surface area (TPSA) is 135 Å². The smallest absolute Gasteiger partial charge is 0.255 e. The second-order valence-electron chi connectivity index (χ2n) is 7.57. The van der Waals surface area contributed by atoms with Crippen LogP contribution in [0.3, 0.4) is 0 Å². The standard InChI is InChI=1S/C22H25N7O/c23-21(24)28-9-7-15(8-10-28)14-1-3-16(4-2-14)20(30)27-19-6-5-17-12-29(22(25)26)13-18(17)11-19/h1-7,11H,8-10,12-13H2,(H3,23,24)(H3,25,26)(H,27,30). The number of benzene rings is 2. The Morgan fingerprint density at radius 1 is 0.933 bits per heavy atom. The molecule has 0 saturated heterocycles. The van der Waals surface area contributed by atoms with E-state index in [1.165, 1.54) is 5.57 Å². The van der Waals surface area contributed by atoms with Crippen molar-refractivity contribution in [2.75, 3.05) is 18.4 Å². The summed E-state index contributed by atoms with van der Waals surface area (Å²) >= 11 is 0. The predicted molar refractivity (Wildman–Crippen MR) is 118 cm³/mol. The summed E-state index contributed by atoms with van der Waals surface area (Å²) < 4.78 is 0. The van der Waals surface area contributed by atoms with Gasteiger partial charge in [-0.2, -0.15) is 0 Å². The van der Waals surface area contributed by atoms with Crippen molar-refractivity contribution in [3.05, 3.63) is 70.8 Å². The van der Waals surface area contributed by atoms with Crippen LogP contribution in [0.4, 0.5) is 5.69 Å². The van der Waals surface area contributed by atoms with Crippen LogP contribution < -0.4 is 16.8 Å². The Morgan fingerprint density at radius 2 is 1.63 bits per heavy atom. The number of hydrogen-bond acceptors (Lipinski definition) is 3. The Hall–Kier alpha value is -3.81. The lowest BCUT2D eigenvalue weighted by Gasteiger charge is -2.26. The van der Waals surface area contributed by atoms with Crippen molar-refractivity contribution in [3.63, 3.8) is 0 Å². The average molecular weight is 403 g/mol. The first kappa shape index (κ1) is 19.5. The number of anilines is 1. The number of nitrogens with zero attached hydrogens (tertiary/aromatic N) is 2. The van der Waals surface area contributed by atoms with Crippen molar-refractivity contribution in [2.45, 2.75) is 19.5 Å². The molecular weight excluding hydrogens is 378 g/mol. The van der Waals surface area contributed by atoms with Gasteiger partial charge in [-0.25, -0.2) is 0 Å². The van der Waals surface area contributed by atoms with Gasteiger partial charge in [0.15, 0.2) is 11.9 Å². The summed E-state index contributed by atoms with van der Waals surface area (Å²) in [5, 5.41) is 18.0. The van der Waals surface area contributed by atoms with Crippen LogP contribution in [0.2, 0.25) is 0 Å². The quantitative estimate of drug-likeness (QED) is 0.395. The van der Waals surface area contributed by atoms with Crippen LogP contribution in [-0.2, 0) is 13.1 Å². The Bertz CT molecular complexity index is 1040. The average Bonchev–Trinajstić information content (AvgIpc) is 3.18. The van der Waals surface area contributed by atoms with E-state index < -0.39 is 0 Å². The van der Waals surface area contributed by atoms with Crippen molar-refractivity contribution < 1.29 is 4.79 Å². The highest BCUT2D eigenvalue weighted by Gasteiger charge is 2.20. The molecule has 2 aromatic rings. The third-order valence-corrected chi connectivity index (χ3v) is 5.59. The van der Waals surface area contributed by atoms with E-state index in [9.17, 15) is 4.79 Å². The summed E-state index contributed by atoms with van der Waals surface area (Å²) in [6.45, 7) is 2.56. The minimum atomic E-state index is -0.164. The van der Waals surface area contributed by atoms with E-state index in [-0.39, 0.29) is 17.8 Å². The van der Waals surface area contributed by atoms with Gasteiger partial charge in [-0.1, -0.05) is 24.3 Å². The fourth-order valence-electron chi connectivity index (χ4n) is 3.83. The van der Waals surface area contributed by atoms with E-state index in [4.69, 9.17) is 22.3 Å². The van der Waals surface area contributed by atoms with Gasteiger partial charge in [-0.05, 0) is 52.9 Å². The van der Waals surface area contributed by atoms with Gasteiger partial charge < -0.3 is 26.6 Å². The van der Waals surface area contributed by atoms with Gasteiger partial charge >= 0.3 is 0 Å². The third-order valence-electron chi connectivity index (χ3n) is 5.59. The minimum Gasteiger partial charge on any atom is -0.370 e. The van der Waals surface area contributed by atoms with Gasteiger partial charge in [0.2, 0.25) is 0 Å². The van der Waals surface area contributed by atoms with Crippen LogP contribution in [0.1, 0.15) is 33.5 Å². The molecule has 2 aliphatic rings. The summed E-state index contributed by atoms with van der Waals surface area (Å²) in [5.41, 5.74) is 16.9. The molecule has 2 aliphatic heterocycles. The van der Waals surface area contributed by atoms with Crippen molar-refractivity contribution in [1.29, 1.82) is 10.8 Å². The molecule has 8 nitrogen and oxygen atoms in total. The molecule has 0 atom stereocenters. The van der Waals surface area contributed by atoms with Crippen molar-refractivity contribution in [2.24, 2.45) is 11.5 Å². The molecule has 154 valence electrons. The lowest BCUT2D eigenvalue weighted by Crippen LogP contribution is -2.39. The SMILES string of the molecule is N=C(N)N1CC=C(c2ccc(C(=O)Nc3ccc4c(c3)CN(C(=N)N)C4)cc2)CC1. The van der Waals surface area contributed by atoms with E-state index in [2.05, 4.69) is 11.4 Å². The lowest BCUT2D eigenvalue weighted by atomic mass is 9.98. The molecule has 0 fully saturated rings. The van der Waals surface area contributed by atoms with Crippen LogP contribution in [0.15, 0.2) is 48.5 Å². The number of rotatable bonds is 3. The van der Waals surface area contributed by atoms with E-state index in [1.807, 2.05) is 47.4 Å². The molecule has 2 heterocycles. The van der Waals surface area contributed by atoms with Gasteiger partial charge in [0.05, 0.1) is 0 Å². The molecule has 0 unspecified atom stereocenters. The molecule has 1 amide bonds. The Kier molecular flexibility index (Phi) is 5.14.